The molecule has 2 aliphatic rings. The molecule has 0 atom stereocenters. The molecule has 34 heavy (non-hydrogen) atoms. The summed E-state index contributed by atoms with van der Waals surface area (Å²) in [5, 5.41) is 0. The lowest BCUT2D eigenvalue weighted by atomic mass is 9.98. The highest BCUT2D eigenvalue weighted by molar-refractivity contribution is 7.98. The van der Waals surface area contributed by atoms with Crippen LogP contribution < -0.4 is 4.72 Å². The molecule has 4 rings (SSSR count). The van der Waals surface area contributed by atoms with Crippen LogP contribution in [0.15, 0.2) is 52.3 Å². The van der Waals surface area contributed by atoms with Gasteiger partial charge in [0.1, 0.15) is 0 Å². The molecular formula is C26H35N3O3S2. The van der Waals surface area contributed by atoms with E-state index in [2.05, 4.69) is 28.7 Å². The van der Waals surface area contributed by atoms with Crippen LogP contribution in [0.1, 0.15) is 54.1 Å². The normalized spacial score (nSPS) is 17.9. The van der Waals surface area contributed by atoms with Gasteiger partial charge in [0.15, 0.2) is 0 Å². The fourth-order valence-corrected chi connectivity index (χ4v) is 6.24. The van der Waals surface area contributed by atoms with E-state index in [1.807, 2.05) is 23.3 Å². The van der Waals surface area contributed by atoms with Crippen LogP contribution >= 0.6 is 11.8 Å². The van der Waals surface area contributed by atoms with Crippen molar-refractivity contribution in [1.29, 1.82) is 0 Å². The van der Waals surface area contributed by atoms with Crippen LogP contribution in [-0.4, -0.2) is 56.6 Å². The number of hydrogen-bond donors (Lipinski definition) is 1. The summed E-state index contributed by atoms with van der Waals surface area (Å²) in [5.41, 5.74) is 2.63. The zero-order valence-electron chi connectivity index (χ0n) is 20.1. The van der Waals surface area contributed by atoms with Gasteiger partial charge in [0.25, 0.3) is 5.91 Å². The highest BCUT2D eigenvalue weighted by Crippen LogP contribution is 2.27. The van der Waals surface area contributed by atoms with Gasteiger partial charge in [0, 0.05) is 31.1 Å². The maximum absolute atomic E-state index is 13.2. The van der Waals surface area contributed by atoms with E-state index in [0.717, 1.165) is 56.0 Å². The van der Waals surface area contributed by atoms with E-state index in [9.17, 15) is 13.2 Å². The third-order valence-corrected chi connectivity index (χ3v) is 9.07. The Morgan fingerprint density at radius 1 is 1.00 bits per heavy atom. The zero-order chi connectivity index (χ0) is 24.1. The minimum Gasteiger partial charge on any atom is -0.339 e. The summed E-state index contributed by atoms with van der Waals surface area (Å²) in [7, 11) is -3.75. The van der Waals surface area contributed by atoms with Crippen molar-refractivity contribution in [2.24, 2.45) is 5.92 Å². The Balaban J connectivity index is 1.43. The highest BCUT2D eigenvalue weighted by Gasteiger charge is 2.25. The van der Waals surface area contributed by atoms with Crippen LogP contribution in [0, 0.1) is 5.92 Å². The van der Waals surface area contributed by atoms with Crippen molar-refractivity contribution in [1.82, 2.24) is 14.5 Å². The predicted octanol–water partition coefficient (Wildman–Crippen LogP) is 4.35. The van der Waals surface area contributed by atoms with Gasteiger partial charge in [-0.25, -0.2) is 13.1 Å². The summed E-state index contributed by atoms with van der Waals surface area (Å²) in [4.78, 5) is 18.4. The van der Waals surface area contributed by atoms with Crippen molar-refractivity contribution >= 4 is 27.7 Å². The lowest BCUT2D eigenvalue weighted by Gasteiger charge is -2.30. The van der Waals surface area contributed by atoms with Crippen LogP contribution in [0.5, 0.6) is 0 Å². The standard InChI is InChI=1S/C26H35N3O3S2/c1-20-11-15-29(16-12-20)26(30)24-17-23(9-10-25(24)33-2)34(31,32)27-18-21-5-7-22(8-6-21)19-28-13-3-4-14-28/h5-10,17,20,27H,3-4,11-16,18-19H2,1-2H3. The Kier molecular flexibility index (Phi) is 8.34. The summed E-state index contributed by atoms with van der Waals surface area (Å²) in [6, 6.07) is 13.0. The van der Waals surface area contributed by atoms with E-state index >= 15 is 0 Å². The smallest absolute Gasteiger partial charge is 0.255 e. The second kappa shape index (κ2) is 11.2. The number of amides is 1. The highest BCUT2D eigenvalue weighted by atomic mass is 32.2. The van der Waals surface area contributed by atoms with Gasteiger partial charge in [-0.3, -0.25) is 9.69 Å². The molecule has 0 aliphatic carbocycles. The molecule has 2 aromatic carbocycles. The van der Waals surface area contributed by atoms with Gasteiger partial charge in [-0.15, -0.1) is 11.8 Å². The first kappa shape index (κ1) is 25.2. The fourth-order valence-electron chi connectivity index (χ4n) is 4.63. The molecule has 2 aromatic rings. The lowest BCUT2D eigenvalue weighted by Crippen LogP contribution is -2.38. The third kappa shape index (κ3) is 6.22. The van der Waals surface area contributed by atoms with Gasteiger partial charge in [0.2, 0.25) is 10.0 Å². The number of nitrogens with zero attached hydrogens (tertiary/aromatic N) is 2. The first-order valence-electron chi connectivity index (χ1n) is 12.1. The average Bonchev–Trinajstić information content (AvgIpc) is 3.36. The van der Waals surface area contributed by atoms with Crippen LogP contribution in [0.25, 0.3) is 0 Å². The van der Waals surface area contributed by atoms with Gasteiger partial charge < -0.3 is 4.90 Å². The molecule has 0 saturated carbocycles. The number of thioether (sulfide) groups is 1. The fraction of sp³-hybridized carbons (Fsp3) is 0.500. The van der Waals surface area contributed by atoms with Gasteiger partial charge in [0.05, 0.1) is 10.5 Å². The van der Waals surface area contributed by atoms with E-state index in [4.69, 9.17) is 0 Å². The maximum atomic E-state index is 13.2. The summed E-state index contributed by atoms with van der Waals surface area (Å²) in [6.45, 7) is 7.10. The lowest BCUT2D eigenvalue weighted by molar-refractivity contribution is 0.0693. The van der Waals surface area contributed by atoms with Gasteiger partial charge in [-0.05, 0) is 80.3 Å². The third-order valence-electron chi connectivity index (χ3n) is 6.88. The molecule has 0 bridgehead atoms. The van der Waals surface area contributed by atoms with Crippen LogP contribution in [-0.2, 0) is 23.1 Å². The van der Waals surface area contributed by atoms with Crippen LogP contribution in [0.3, 0.4) is 0 Å². The summed E-state index contributed by atoms with van der Waals surface area (Å²) < 4.78 is 28.8. The minimum atomic E-state index is -3.75. The number of piperidine rings is 1. The number of likely N-dealkylation sites (tertiary alicyclic amines) is 2. The van der Waals surface area contributed by atoms with Crippen molar-refractivity contribution in [3.8, 4) is 0 Å². The number of benzene rings is 2. The van der Waals surface area contributed by atoms with Crippen molar-refractivity contribution in [2.75, 3.05) is 32.4 Å². The molecular weight excluding hydrogens is 466 g/mol. The zero-order valence-corrected chi connectivity index (χ0v) is 21.8. The summed E-state index contributed by atoms with van der Waals surface area (Å²) in [5.74, 6) is 0.538. The molecule has 2 fully saturated rings. The van der Waals surface area contributed by atoms with Gasteiger partial charge in [-0.1, -0.05) is 31.2 Å². The van der Waals surface area contributed by atoms with Crippen molar-refractivity contribution in [3.63, 3.8) is 0 Å². The minimum absolute atomic E-state index is 0.0816. The molecule has 6 nitrogen and oxygen atoms in total. The number of sulfonamides is 1. The molecule has 0 unspecified atom stereocenters. The van der Waals surface area contributed by atoms with Crippen molar-refractivity contribution in [2.45, 2.75) is 55.5 Å². The number of hydrogen-bond acceptors (Lipinski definition) is 5. The first-order valence-corrected chi connectivity index (χ1v) is 14.8. The van der Waals surface area contributed by atoms with E-state index in [1.165, 1.54) is 36.2 Å². The van der Waals surface area contributed by atoms with E-state index in [-0.39, 0.29) is 17.3 Å². The Hall–Kier alpha value is -1.87. The molecule has 2 aliphatic heterocycles. The summed E-state index contributed by atoms with van der Waals surface area (Å²) >= 11 is 1.46. The topological polar surface area (TPSA) is 69.7 Å². The van der Waals surface area contributed by atoms with Crippen LogP contribution in [0.2, 0.25) is 0 Å². The molecule has 0 spiro atoms. The summed E-state index contributed by atoms with van der Waals surface area (Å²) in [6.07, 6.45) is 6.41. The molecule has 8 heteroatoms. The second-order valence-corrected chi connectivity index (χ2v) is 12.1. The molecule has 2 heterocycles. The van der Waals surface area contributed by atoms with Crippen molar-refractivity contribution < 1.29 is 13.2 Å². The van der Waals surface area contributed by atoms with E-state index < -0.39 is 10.0 Å². The Morgan fingerprint density at radius 2 is 1.65 bits per heavy atom. The van der Waals surface area contributed by atoms with Crippen molar-refractivity contribution in [3.05, 3.63) is 59.2 Å². The average molecular weight is 502 g/mol. The molecule has 0 aromatic heterocycles. The predicted molar refractivity (Wildman–Crippen MR) is 138 cm³/mol. The number of rotatable bonds is 8. The molecule has 0 radical (unpaired) electrons. The number of carbonyl (C=O) groups excluding carboxylic acids is 1. The monoisotopic (exact) mass is 501 g/mol. The largest absolute Gasteiger partial charge is 0.339 e. The van der Waals surface area contributed by atoms with Gasteiger partial charge in [-0.2, -0.15) is 0 Å². The van der Waals surface area contributed by atoms with E-state index in [1.54, 1.807) is 12.1 Å². The van der Waals surface area contributed by atoms with Gasteiger partial charge >= 0.3 is 0 Å². The van der Waals surface area contributed by atoms with E-state index in [0.29, 0.717) is 11.5 Å². The first-order chi connectivity index (χ1) is 16.4. The Labute approximate surface area is 208 Å². The Bertz CT molecular complexity index is 1090. The Morgan fingerprint density at radius 3 is 2.29 bits per heavy atom. The molecule has 1 N–H and O–H groups in total. The quantitative estimate of drug-likeness (QED) is 0.545. The number of nitrogens with one attached hydrogen (secondary N) is 1. The molecule has 2 saturated heterocycles. The second-order valence-electron chi connectivity index (χ2n) is 9.46. The van der Waals surface area contributed by atoms with Crippen LogP contribution in [0.4, 0.5) is 0 Å². The maximum Gasteiger partial charge on any atom is 0.255 e. The molecule has 1 amide bonds. The SMILES string of the molecule is CSc1ccc(S(=O)(=O)NCc2ccc(CN3CCCC3)cc2)cc1C(=O)N1CCC(C)CC1. The molecule has 184 valence electrons. The number of carbonyl (C=O) groups is 1.